The van der Waals surface area contributed by atoms with E-state index in [-0.39, 0.29) is 73.8 Å². The van der Waals surface area contributed by atoms with Gasteiger partial charge in [0.15, 0.2) is 5.75 Å². The van der Waals surface area contributed by atoms with Crippen LogP contribution in [-0.2, 0) is 45.7 Å². The van der Waals surface area contributed by atoms with E-state index >= 15 is 0 Å². The van der Waals surface area contributed by atoms with Gasteiger partial charge in [0.1, 0.15) is 17.2 Å². The highest BCUT2D eigenvalue weighted by Gasteiger charge is 2.50. The third kappa shape index (κ3) is 12.4. The number of ether oxygens (including phenoxy) is 2. The standard InChI is InChI=1S/C29H25F9N6O3.C10H18O5/c1-2-26(40)18(13-19-21(44(26)25(45)46)5-6-23(42-19)29(36,37)38)24-41-14-22(47-8-4-3-7-39)20(43-24)11-15-9-16(27(30,31)32)12-17(10-15)28(33,34)35;1-9(2,7(11)12)5-15-6-10(3,4)8(13)14/h5-6,9-10,12,14,18H,2-4,8,11,13,40H2,1H3,(H,45,46);5-6H2,1-4H3,(H,11,12)(H,13,14). The van der Waals surface area contributed by atoms with Crippen molar-refractivity contribution in [3.05, 3.63) is 76.1 Å². The molecule has 5 N–H and O–H groups in total. The number of nitrogens with two attached hydrogens (primary N) is 1. The summed E-state index contributed by atoms with van der Waals surface area (Å²) in [7, 11) is 0. The quantitative estimate of drug-likeness (QED) is 0.0884. The molecule has 1 aromatic carbocycles. The number of unbranched alkanes of at least 4 members (excludes halogenated alkanes) is 1. The number of pyridine rings is 1. The number of alkyl halides is 9. The molecular weight excluding hydrogens is 851 g/mol. The Morgan fingerprint density at radius 1 is 0.887 bits per heavy atom. The Labute approximate surface area is 348 Å². The van der Waals surface area contributed by atoms with Crippen molar-refractivity contribution in [3.8, 4) is 11.8 Å². The first kappa shape index (κ1) is 50.6. The number of aliphatic carboxylic acids is 2. The number of hydrogen-bond donors (Lipinski definition) is 4. The Morgan fingerprint density at radius 2 is 1.44 bits per heavy atom. The fraction of sp³-hybridized carbons (Fsp3) is 0.513. The number of nitriles is 1. The summed E-state index contributed by atoms with van der Waals surface area (Å²) in [4.78, 5) is 46.7. The highest BCUT2D eigenvalue weighted by atomic mass is 19.4. The van der Waals surface area contributed by atoms with Crippen LogP contribution < -0.4 is 15.4 Å². The average molecular weight is 895 g/mol. The van der Waals surface area contributed by atoms with Gasteiger partial charge in [-0.1, -0.05) is 6.92 Å². The third-order valence-corrected chi connectivity index (χ3v) is 9.61. The van der Waals surface area contributed by atoms with Gasteiger partial charge in [0.05, 0.1) is 77.0 Å². The van der Waals surface area contributed by atoms with Crippen molar-refractivity contribution in [1.29, 1.82) is 5.26 Å². The first-order chi connectivity index (χ1) is 28.4. The minimum atomic E-state index is -5.14. The van der Waals surface area contributed by atoms with Crippen LogP contribution in [0.4, 0.5) is 50.0 Å². The van der Waals surface area contributed by atoms with Crippen LogP contribution in [-0.4, -0.2) is 73.8 Å². The van der Waals surface area contributed by atoms with E-state index in [1.54, 1.807) is 0 Å². The lowest BCUT2D eigenvalue weighted by atomic mass is 9.80. The summed E-state index contributed by atoms with van der Waals surface area (Å²) < 4.78 is 133. The van der Waals surface area contributed by atoms with Crippen LogP contribution in [0.5, 0.6) is 5.75 Å². The molecule has 2 unspecified atom stereocenters. The van der Waals surface area contributed by atoms with Gasteiger partial charge in [0.2, 0.25) is 0 Å². The van der Waals surface area contributed by atoms with Gasteiger partial charge < -0.3 is 30.5 Å². The number of benzene rings is 1. The summed E-state index contributed by atoms with van der Waals surface area (Å²) in [6.07, 6.45) is -16.7. The summed E-state index contributed by atoms with van der Waals surface area (Å²) in [6.45, 7) is 7.51. The smallest absolute Gasteiger partial charge is 0.433 e. The maximum absolute atomic E-state index is 13.6. The molecule has 1 aliphatic rings. The van der Waals surface area contributed by atoms with Gasteiger partial charge in [0.25, 0.3) is 0 Å². The van der Waals surface area contributed by atoms with Crippen LogP contribution in [0.25, 0.3) is 0 Å². The molecule has 2 aromatic heterocycles. The van der Waals surface area contributed by atoms with Crippen LogP contribution in [0.15, 0.2) is 36.5 Å². The zero-order valence-corrected chi connectivity index (χ0v) is 33.8. The maximum atomic E-state index is 13.6. The lowest BCUT2D eigenvalue weighted by Crippen LogP contribution is -2.64. The van der Waals surface area contributed by atoms with Gasteiger partial charge in [-0.2, -0.15) is 44.8 Å². The number of aromatic nitrogens is 3. The summed E-state index contributed by atoms with van der Waals surface area (Å²) >= 11 is 0. The fourth-order valence-corrected chi connectivity index (χ4v) is 5.93. The number of carboxylic acids is 2. The Kier molecular flexibility index (Phi) is 15.6. The number of rotatable bonds is 14. The highest BCUT2D eigenvalue weighted by molar-refractivity contribution is 5.89. The van der Waals surface area contributed by atoms with E-state index in [4.69, 9.17) is 30.7 Å². The SMILES string of the molecule is CC(C)(COCC(C)(C)C(=O)O)C(=O)O.CCC1(N)C(c2ncc(OCCCC#N)c(Cc3cc(C(F)(F)F)cc(C(F)(F)F)c3)n2)Cc2nc(C(F)(F)F)ccc2N1C(=O)O. The largest absolute Gasteiger partial charge is 0.490 e. The molecule has 0 saturated carbocycles. The Bertz CT molecular complexity index is 2100. The lowest BCUT2D eigenvalue weighted by Gasteiger charge is -2.47. The van der Waals surface area contributed by atoms with Crippen LogP contribution in [0.1, 0.15) is 99.4 Å². The summed E-state index contributed by atoms with van der Waals surface area (Å²) in [5.74, 6) is -3.65. The molecule has 0 aliphatic carbocycles. The van der Waals surface area contributed by atoms with Crippen molar-refractivity contribution >= 4 is 23.7 Å². The van der Waals surface area contributed by atoms with E-state index < -0.39 is 94.2 Å². The molecule has 0 radical (unpaired) electrons. The normalized spacial score (nSPS) is 17.0. The Morgan fingerprint density at radius 3 is 1.89 bits per heavy atom. The van der Waals surface area contributed by atoms with E-state index in [9.17, 15) is 59.0 Å². The minimum Gasteiger partial charge on any atom is -0.490 e. The first-order valence-corrected chi connectivity index (χ1v) is 18.5. The van der Waals surface area contributed by atoms with Crippen LogP contribution in [0.3, 0.4) is 0 Å². The van der Waals surface area contributed by atoms with Gasteiger partial charge in [-0.15, -0.1) is 0 Å². The molecule has 0 fully saturated rings. The number of fused-ring (bicyclic) bond motifs is 1. The topological polar surface area (TPSA) is 222 Å². The van der Waals surface area contributed by atoms with E-state index in [0.29, 0.717) is 23.1 Å². The molecule has 4 rings (SSSR count). The minimum absolute atomic E-state index is 0.000949. The van der Waals surface area contributed by atoms with E-state index in [2.05, 4.69) is 15.0 Å². The van der Waals surface area contributed by atoms with E-state index in [0.717, 1.165) is 12.3 Å². The molecule has 1 amide bonds. The maximum Gasteiger partial charge on any atom is 0.433 e. The summed E-state index contributed by atoms with van der Waals surface area (Å²) in [6, 6.07) is 4.36. The number of carbonyl (C=O) groups is 3. The number of carboxylic acid groups (broad SMARTS) is 3. The number of amides is 1. The van der Waals surface area contributed by atoms with Gasteiger partial charge >= 0.3 is 36.6 Å². The molecule has 62 heavy (non-hydrogen) atoms. The van der Waals surface area contributed by atoms with Gasteiger partial charge in [-0.05, 0) is 76.4 Å². The van der Waals surface area contributed by atoms with Crippen molar-refractivity contribution < 1.29 is 78.7 Å². The molecule has 23 heteroatoms. The van der Waals surface area contributed by atoms with Crippen LogP contribution in [0, 0.1) is 22.2 Å². The van der Waals surface area contributed by atoms with Crippen LogP contribution >= 0.6 is 0 Å². The second-order valence-corrected chi connectivity index (χ2v) is 15.5. The zero-order valence-electron chi connectivity index (χ0n) is 33.8. The lowest BCUT2D eigenvalue weighted by molar-refractivity contribution is -0.155. The second-order valence-electron chi connectivity index (χ2n) is 15.5. The first-order valence-electron chi connectivity index (χ1n) is 18.5. The molecular formula is C39H43F9N6O8. The molecule has 0 spiro atoms. The fourth-order valence-electron chi connectivity index (χ4n) is 5.93. The summed E-state index contributed by atoms with van der Waals surface area (Å²) in [5.41, 5.74) is -2.93. The van der Waals surface area contributed by atoms with Crippen LogP contribution in [0.2, 0.25) is 0 Å². The number of nitrogens with zero attached hydrogens (tertiary/aromatic N) is 5. The van der Waals surface area contributed by atoms with Crippen molar-refractivity contribution in [2.45, 2.75) is 96.8 Å². The van der Waals surface area contributed by atoms with Crippen molar-refractivity contribution in [2.24, 2.45) is 16.6 Å². The van der Waals surface area contributed by atoms with Crippen molar-refractivity contribution in [3.63, 3.8) is 0 Å². The van der Waals surface area contributed by atoms with Gasteiger partial charge in [-0.3, -0.25) is 14.5 Å². The molecule has 2 atom stereocenters. The molecule has 0 saturated heterocycles. The molecule has 3 aromatic rings. The molecule has 1 aliphatic heterocycles. The number of hydrogen-bond acceptors (Lipinski definition) is 10. The zero-order chi connectivity index (χ0) is 47.2. The molecule has 3 heterocycles. The number of halogens is 9. The van der Waals surface area contributed by atoms with Gasteiger partial charge in [0, 0.05) is 19.3 Å². The second kappa shape index (κ2) is 19.1. The molecule has 0 bridgehead atoms. The van der Waals surface area contributed by atoms with Crippen molar-refractivity contribution in [2.75, 3.05) is 24.7 Å². The monoisotopic (exact) mass is 894 g/mol. The number of anilines is 1. The predicted molar refractivity (Wildman–Crippen MR) is 199 cm³/mol. The Hall–Kier alpha value is -5.76. The van der Waals surface area contributed by atoms with Crippen molar-refractivity contribution in [1.82, 2.24) is 15.0 Å². The van der Waals surface area contributed by atoms with Gasteiger partial charge in [-0.25, -0.2) is 19.7 Å². The average Bonchev–Trinajstić information content (AvgIpc) is 3.15. The molecule has 340 valence electrons. The predicted octanol–water partition coefficient (Wildman–Crippen LogP) is 8.32. The third-order valence-electron chi connectivity index (χ3n) is 9.61. The van der Waals surface area contributed by atoms with E-state index in [1.807, 2.05) is 6.07 Å². The Balaban J connectivity index is 0.000000581. The summed E-state index contributed by atoms with van der Waals surface area (Å²) in [5, 5.41) is 36.5. The molecule has 14 nitrogen and oxygen atoms in total. The van der Waals surface area contributed by atoms with E-state index in [1.165, 1.54) is 34.6 Å². The highest BCUT2D eigenvalue weighted by Crippen LogP contribution is 2.45.